The number of methoxy groups -OCH3 is 1. The third kappa shape index (κ3) is 4.71. The Balaban J connectivity index is 0.00000288. The Morgan fingerprint density at radius 2 is 1.96 bits per heavy atom. The van der Waals surface area contributed by atoms with Gasteiger partial charge in [-0.25, -0.2) is 0 Å². The molecule has 0 aromatic heterocycles. The van der Waals surface area contributed by atoms with Gasteiger partial charge in [-0.15, -0.1) is 12.4 Å². The smallest absolute Gasteiger partial charge is 0.310 e. The van der Waals surface area contributed by atoms with Gasteiger partial charge in [0.15, 0.2) is 0 Å². The highest BCUT2D eigenvalue weighted by Gasteiger charge is 2.35. The van der Waals surface area contributed by atoms with Gasteiger partial charge in [0.05, 0.1) is 19.1 Å². The van der Waals surface area contributed by atoms with Gasteiger partial charge < -0.3 is 15.8 Å². The van der Waals surface area contributed by atoms with Crippen molar-refractivity contribution in [1.82, 2.24) is 5.32 Å². The van der Waals surface area contributed by atoms with Gasteiger partial charge in [-0.1, -0.05) is 36.8 Å². The van der Waals surface area contributed by atoms with E-state index in [-0.39, 0.29) is 36.1 Å². The molecule has 6 heteroatoms. The van der Waals surface area contributed by atoms with Crippen LogP contribution in [0.1, 0.15) is 37.8 Å². The molecule has 0 saturated heterocycles. The summed E-state index contributed by atoms with van der Waals surface area (Å²) in [7, 11) is 1.37. The van der Waals surface area contributed by atoms with E-state index in [0.29, 0.717) is 6.54 Å². The Hall–Kier alpha value is -1.59. The molecule has 1 aromatic carbocycles. The highest BCUT2D eigenvalue weighted by molar-refractivity contribution is 5.85. The number of esters is 1. The Morgan fingerprint density at radius 3 is 2.54 bits per heavy atom. The summed E-state index contributed by atoms with van der Waals surface area (Å²) in [5.74, 6) is -0.622. The molecule has 0 heterocycles. The fourth-order valence-corrected chi connectivity index (χ4v) is 3.40. The summed E-state index contributed by atoms with van der Waals surface area (Å²) in [5, 5.41) is 3.06. The summed E-state index contributed by atoms with van der Waals surface area (Å²) in [4.78, 5) is 24.7. The summed E-state index contributed by atoms with van der Waals surface area (Å²) < 4.78 is 4.85. The lowest BCUT2D eigenvalue weighted by molar-refractivity contribution is -0.146. The quantitative estimate of drug-likeness (QED) is 0.769. The first-order valence-electron chi connectivity index (χ1n) is 8.21. The predicted molar refractivity (Wildman–Crippen MR) is 95.6 cm³/mol. The van der Waals surface area contributed by atoms with Crippen LogP contribution < -0.4 is 11.1 Å². The lowest BCUT2D eigenvalue weighted by atomic mass is 9.91. The van der Waals surface area contributed by atoms with E-state index >= 15 is 0 Å². The molecule has 4 atom stereocenters. The van der Waals surface area contributed by atoms with Gasteiger partial charge in [0, 0.05) is 5.92 Å². The molecule has 1 aliphatic rings. The maximum Gasteiger partial charge on any atom is 0.310 e. The molecule has 1 aliphatic carbocycles. The lowest BCUT2D eigenvalue weighted by Gasteiger charge is -2.27. The molecular formula is C18H27ClN2O3. The number of carbonyl (C=O) groups excluding carboxylic acids is 2. The number of nitrogens with one attached hydrogen (secondary N) is 1. The van der Waals surface area contributed by atoms with Gasteiger partial charge >= 0.3 is 5.97 Å². The molecule has 0 aliphatic heterocycles. The van der Waals surface area contributed by atoms with Crippen LogP contribution in [-0.2, 0) is 14.3 Å². The van der Waals surface area contributed by atoms with Gasteiger partial charge in [0.25, 0.3) is 0 Å². The van der Waals surface area contributed by atoms with E-state index in [1.807, 2.05) is 30.3 Å². The average molecular weight is 355 g/mol. The van der Waals surface area contributed by atoms with Crippen LogP contribution in [0, 0.1) is 17.8 Å². The van der Waals surface area contributed by atoms with E-state index in [4.69, 9.17) is 10.5 Å². The van der Waals surface area contributed by atoms with Crippen LogP contribution in [-0.4, -0.2) is 25.5 Å². The van der Waals surface area contributed by atoms with Gasteiger partial charge in [0.1, 0.15) is 0 Å². The lowest BCUT2D eigenvalue weighted by Crippen LogP contribution is -2.41. The Bertz CT molecular complexity index is 538. The summed E-state index contributed by atoms with van der Waals surface area (Å²) >= 11 is 0. The zero-order valence-electron chi connectivity index (χ0n) is 14.2. The van der Waals surface area contributed by atoms with Crippen molar-refractivity contribution >= 4 is 24.3 Å². The molecule has 3 N–H and O–H groups in total. The number of carbonyl (C=O) groups is 2. The average Bonchev–Trinajstić information content (AvgIpc) is 3.07. The number of halogens is 1. The molecule has 1 amide bonds. The summed E-state index contributed by atoms with van der Waals surface area (Å²) in [6.45, 7) is 2.31. The highest BCUT2D eigenvalue weighted by Crippen LogP contribution is 2.32. The predicted octanol–water partition coefficient (Wildman–Crippen LogP) is 2.45. The molecule has 1 aromatic rings. The van der Waals surface area contributed by atoms with E-state index in [1.165, 1.54) is 7.11 Å². The third-order valence-electron chi connectivity index (χ3n) is 4.83. The van der Waals surface area contributed by atoms with E-state index < -0.39 is 12.0 Å². The fraction of sp³-hybridized carbons (Fsp3) is 0.556. The molecule has 0 bridgehead atoms. The van der Waals surface area contributed by atoms with Crippen LogP contribution in [0.15, 0.2) is 30.3 Å². The largest absolute Gasteiger partial charge is 0.469 e. The molecule has 0 spiro atoms. The van der Waals surface area contributed by atoms with Crippen molar-refractivity contribution in [2.45, 2.75) is 32.2 Å². The molecule has 1 saturated carbocycles. The number of benzene rings is 1. The zero-order valence-corrected chi connectivity index (χ0v) is 15.1. The van der Waals surface area contributed by atoms with E-state index in [1.54, 1.807) is 6.92 Å². The summed E-state index contributed by atoms with van der Waals surface area (Å²) in [6, 6.07) is 9.15. The molecule has 134 valence electrons. The van der Waals surface area contributed by atoms with Crippen LogP contribution in [0.4, 0.5) is 0 Å². The Kier molecular flexibility index (Phi) is 8.22. The van der Waals surface area contributed by atoms with Crippen LogP contribution in [0.3, 0.4) is 0 Å². The molecule has 5 nitrogen and oxygen atoms in total. The second kappa shape index (κ2) is 9.64. The minimum atomic E-state index is -0.455. The Labute approximate surface area is 149 Å². The SMILES string of the molecule is COC(=O)C(C)C(NC(=O)[C@@H]1CCC[C@@H]1CN)c1ccccc1.Cl. The molecule has 24 heavy (non-hydrogen) atoms. The minimum Gasteiger partial charge on any atom is -0.469 e. The maximum atomic E-state index is 12.7. The fourth-order valence-electron chi connectivity index (χ4n) is 3.40. The molecule has 1 fully saturated rings. The van der Waals surface area contributed by atoms with Gasteiger partial charge in [-0.05, 0) is 37.8 Å². The number of nitrogens with two attached hydrogens (primary N) is 1. The van der Waals surface area contributed by atoms with Crippen LogP contribution in [0.25, 0.3) is 0 Å². The third-order valence-corrected chi connectivity index (χ3v) is 4.83. The summed E-state index contributed by atoms with van der Waals surface area (Å²) in [5.41, 5.74) is 6.68. The van der Waals surface area contributed by atoms with E-state index in [2.05, 4.69) is 5.32 Å². The normalized spacial score (nSPS) is 22.1. The van der Waals surface area contributed by atoms with Crippen molar-refractivity contribution in [2.24, 2.45) is 23.5 Å². The monoisotopic (exact) mass is 354 g/mol. The van der Waals surface area contributed by atoms with Crippen molar-refractivity contribution in [1.29, 1.82) is 0 Å². The standard InChI is InChI=1S/C18H26N2O3.ClH/c1-12(18(22)23-2)16(13-7-4-3-5-8-13)20-17(21)15-10-6-9-14(15)11-19;/h3-5,7-8,12,14-16H,6,9-11,19H2,1-2H3,(H,20,21);1H/t12?,14-,15-,16?;/m1./s1. The van der Waals surface area contributed by atoms with Crippen molar-refractivity contribution in [3.8, 4) is 0 Å². The second-order valence-electron chi connectivity index (χ2n) is 6.24. The second-order valence-corrected chi connectivity index (χ2v) is 6.24. The van der Waals surface area contributed by atoms with Crippen LogP contribution in [0.5, 0.6) is 0 Å². The van der Waals surface area contributed by atoms with Crippen molar-refractivity contribution in [2.75, 3.05) is 13.7 Å². The number of hydrogen-bond acceptors (Lipinski definition) is 4. The highest BCUT2D eigenvalue weighted by atomic mass is 35.5. The number of rotatable bonds is 6. The Morgan fingerprint density at radius 1 is 1.29 bits per heavy atom. The van der Waals surface area contributed by atoms with Gasteiger partial charge in [0.2, 0.25) is 5.91 Å². The number of hydrogen-bond donors (Lipinski definition) is 2. The number of ether oxygens (including phenoxy) is 1. The van der Waals surface area contributed by atoms with Crippen LogP contribution >= 0.6 is 12.4 Å². The molecule has 0 radical (unpaired) electrons. The maximum absolute atomic E-state index is 12.7. The number of amides is 1. The van der Waals surface area contributed by atoms with Crippen molar-refractivity contribution in [3.63, 3.8) is 0 Å². The van der Waals surface area contributed by atoms with Crippen LogP contribution in [0.2, 0.25) is 0 Å². The van der Waals surface area contributed by atoms with E-state index in [9.17, 15) is 9.59 Å². The van der Waals surface area contributed by atoms with Crippen molar-refractivity contribution < 1.29 is 14.3 Å². The zero-order chi connectivity index (χ0) is 16.8. The van der Waals surface area contributed by atoms with Crippen molar-refractivity contribution in [3.05, 3.63) is 35.9 Å². The first-order chi connectivity index (χ1) is 11.1. The minimum absolute atomic E-state index is 0. The molecule has 2 rings (SSSR count). The summed E-state index contributed by atoms with van der Waals surface area (Å²) in [6.07, 6.45) is 2.89. The van der Waals surface area contributed by atoms with Gasteiger partial charge in [-0.2, -0.15) is 0 Å². The van der Waals surface area contributed by atoms with E-state index in [0.717, 1.165) is 24.8 Å². The first-order valence-corrected chi connectivity index (χ1v) is 8.21. The molecular weight excluding hydrogens is 328 g/mol. The molecule has 2 unspecified atom stereocenters. The topological polar surface area (TPSA) is 81.4 Å². The van der Waals surface area contributed by atoms with Gasteiger partial charge in [-0.3, -0.25) is 9.59 Å². The first kappa shape index (κ1) is 20.5.